The maximum absolute atomic E-state index is 10.8. The molecule has 0 unspecified atom stereocenters. The smallest absolute Gasteiger partial charge is 0.135 e. The number of hydrogen-bond donors (Lipinski definition) is 0. The predicted molar refractivity (Wildman–Crippen MR) is 43.9 cm³/mol. The molecular formula is C9H17O2. The summed E-state index contributed by atoms with van der Waals surface area (Å²) in [4.78, 5) is 10.8. The molecule has 0 bridgehead atoms. The van der Waals surface area contributed by atoms with Gasteiger partial charge in [-0.2, -0.15) is 0 Å². The molecule has 0 spiro atoms. The molecule has 2 heteroatoms. The first-order valence-electron chi connectivity index (χ1n) is 4.26. The van der Waals surface area contributed by atoms with E-state index in [0.717, 1.165) is 12.8 Å². The molecule has 0 fully saturated rings. The highest BCUT2D eigenvalue weighted by Crippen LogP contribution is 2.07. The number of carbonyl (C=O) groups excluding carboxylic acids is 1. The summed E-state index contributed by atoms with van der Waals surface area (Å²) in [5.41, 5.74) is 0. The zero-order valence-electron chi connectivity index (χ0n) is 7.43. The van der Waals surface area contributed by atoms with E-state index in [4.69, 9.17) is 0 Å². The third-order valence-corrected chi connectivity index (χ3v) is 1.62. The molecule has 0 aliphatic carbocycles. The molecule has 0 N–H and O–H groups in total. The van der Waals surface area contributed by atoms with Crippen LogP contribution >= 0.6 is 0 Å². The van der Waals surface area contributed by atoms with Gasteiger partial charge in [-0.05, 0) is 12.3 Å². The van der Waals surface area contributed by atoms with Crippen molar-refractivity contribution in [3.05, 3.63) is 0 Å². The summed E-state index contributed by atoms with van der Waals surface area (Å²) >= 11 is 0. The number of ketones is 1. The molecule has 0 heterocycles. The van der Waals surface area contributed by atoms with Crippen LogP contribution in [0, 0.1) is 5.92 Å². The highest BCUT2D eigenvalue weighted by Gasteiger charge is 2.01. The Balaban J connectivity index is 3.17. The number of rotatable bonds is 6. The minimum atomic E-state index is -0.249. The predicted octanol–water partition coefficient (Wildman–Crippen LogP) is 2.20. The first kappa shape index (κ1) is 10.6. The van der Waals surface area contributed by atoms with Crippen molar-refractivity contribution in [3.8, 4) is 0 Å². The number of hydrogen-bond acceptors (Lipinski definition) is 1. The van der Waals surface area contributed by atoms with Crippen LogP contribution in [0.4, 0.5) is 0 Å². The van der Waals surface area contributed by atoms with E-state index in [9.17, 15) is 9.90 Å². The normalized spacial score (nSPS) is 10.5. The van der Waals surface area contributed by atoms with Gasteiger partial charge in [0.15, 0.2) is 0 Å². The fourth-order valence-corrected chi connectivity index (χ4v) is 0.946. The second-order valence-corrected chi connectivity index (χ2v) is 3.28. The Morgan fingerprint density at radius 2 is 1.91 bits per heavy atom. The molecule has 0 saturated carbocycles. The molecule has 0 aliphatic heterocycles. The maximum atomic E-state index is 10.8. The minimum Gasteiger partial charge on any atom is -0.300 e. The van der Waals surface area contributed by atoms with Gasteiger partial charge < -0.3 is 0 Å². The van der Waals surface area contributed by atoms with Crippen LogP contribution in [0.2, 0.25) is 0 Å². The zero-order valence-corrected chi connectivity index (χ0v) is 7.43. The number of carbonyl (C=O) groups is 1. The Hall–Kier alpha value is -0.370. The fraction of sp³-hybridized carbons (Fsp3) is 0.889. The van der Waals surface area contributed by atoms with E-state index in [1.54, 1.807) is 0 Å². The largest absolute Gasteiger partial charge is 0.300 e. The van der Waals surface area contributed by atoms with Crippen molar-refractivity contribution in [3.63, 3.8) is 0 Å². The zero-order chi connectivity index (χ0) is 8.69. The van der Waals surface area contributed by atoms with Crippen LogP contribution in [-0.4, -0.2) is 12.4 Å². The van der Waals surface area contributed by atoms with E-state index in [-0.39, 0.29) is 18.8 Å². The van der Waals surface area contributed by atoms with E-state index < -0.39 is 0 Å². The summed E-state index contributed by atoms with van der Waals surface area (Å²) in [5.74, 6) is 0.788. The van der Waals surface area contributed by atoms with Crippen molar-refractivity contribution in [1.82, 2.24) is 0 Å². The lowest BCUT2D eigenvalue weighted by molar-refractivity contribution is -0.120. The van der Waals surface area contributed by atoms with E-state index >= 15 is 0 Å². The molecule has 0 aromatic carbocycles. The van der Waals surface area contributed by atoms with E-state index in [1.165, 1.54) is 0 Å². The van der Waals surface area contributed by atoms with Crippen LogP contribution in [0.3, 0.4) is 0 Å². The van der Waals surface area contributed by atoms with Crippen LogP contribution in [0.5, 0.6) is 0 Å². The highest BCUT2D eigenvalue weighted by atomic mass is 16.3. The monoisotopic (exact) mass is 157 g/mol. The van der Waals surface area contributed by atoms with Crippen molar-refractivity contribution in [2.45, 2.75) is 39.5 Å². The first-order valence-corrected chi connectivity index (χ1v) is 4.26. The Labute approximate surface area is 68.6 Å². The quantitative estimate of drug-likeness (QED) is 0.582. The molecule has 65 valence electrons. The standard InChI is InChI=1S/C9H17O2/c1-8(2)4-3-5-9(11)6-7-10/h8H,3-7H2,1-2H3. The van der Waals surface area contributed by atoms with Crippen molar-refractivity contribution in [2.24, 2.45) is 5.92 Å². The van der Waals surface area contributed by atoms with Crippen LogP contribution in [0.15, 0.2) is 0 Å². The first-order chi connectivity index (χ1) is 5.16. The highest BCUT2D eigenvalue weighted by molar-refractivity contribution is 5.78. The molecule has 11 heavy (non-hydrogen) atoms. The summed E-state index contributed by atoms with van der Waals surface area (Å²) in [6.45, 7) is 4.02. The van der Waals surface area contributed by atoms with E-state index in [1.807, 2.05) is 0 Å². The van der Waals surface area contributed by atoms with Gasteiger partial charge in [-0.3, -0.25) is 4.79 Å². The van der Waals surface area contributed by atoms with E-state index in [2.05, 4.69) is 13.8 Å². The Bertz CT molecular complexity index is 108. The maximum Gasteiger partial charge on any atom is 0.135 e. The summed E-state index contributed by atoms with van der Waals surface area (Å²) in [6.07, 6.45) is 2.85. The van der Waals surface area contributed by atoms with E-state index in [0.29, 0.717) is 12.3 Å². The third kappa shape index (κ3) is 7.53. The minimum absolute atomic E-state index is 0.126. The molecule has 0 aromatic heterocycles. The van der Waals surface area contributed by atoms with Gasteiger partial charge >= 0.3 is 0 Å². The second-order valence-electron chi connectivity index (χ2n) is 3.28. The Kier molecular flexibility index (Phi) is 6.13. The van der Waals surface area contributed by atoms with Crippen molar-refractivity contribution >= 4 is 5.78 Å². The summed E-state index contributed by atoms with van der Waals surface area (Å²) < 4.78 is 0. The molecule has 0 amide bonds. The number of Topliss-reactive ketones (excluding diaryl/α,β-unsaturated/α-hetero) is 1. The summed E-state index contributed by atoms with van der Waals surface area (Å²) in [5, 5.41) is 10.0. The van der Waals surface area contributed by atoms with Crippen LogP contribution in [-0.2, 0) is 9.90 Å². The Morgan fingerprint density at radius 1 is 1.27 bits per heavy atom. The lowest BCUT2D eigenvalue weighted by atomic mass is 10.0. The van der Waals surface area contributed by atoms with Gasteiger partial charge in [0.25, 0.3) is 0 Å². The molecular weight excluding hydrogens is 140 g/mol. The van der Waals surface area contributed by atoms with Crippen molar-refractivity contribution < 1.29 is 9.90 Å². The molecule has 0 aliphatic rings. The van der Waals surface area contributed by atoms with Gasteiger partial charge in [-0.1, -0.05) is 20.3 Å². The lowest BCUT2D eigenvalue weighted by Crippen LogP contribution is -2.00. The van der Waals surface area contributed by atoms with Crippen molar-refractivity contribution in [2.75, 3.05) is 6.61 Å². The van der Waals surface area contributed by atoms with Gasteiger partial charge in [-0.15, -0.1) is 0 Å². The topological polar surface area (TPSA) is 37.0 Å². The van der Waals surface area contributed by atoms with Gasteiger partial charge in [0.2, 0.25) is 0 Å². The molecule has 0 atom stereocenters. The average Bonchev–Trinajstić information content (AvgIpc) is 1.87. The lowest BCUT2D eigenvalue weighted by Gasteiger charge is -2.02. The van der Waals surface area contributed by atoms with Crippen LogP contribution < -0.4 is 0 Å². The van der Waals surface area contributed by atoms with Gasteiger partial charge in [0.1, 0.15) is 5.78 Å². The van der Waals surface area contributed by atoms with Gasteiger partial charge in [0.05, 0.1) is 6.61 Å². The third-order valence-electron chi connectivity index (χ3n) is 1.62. The summed E-state index contributed by atoms with van der Waals surface area (Å²) in [6, 6.07) is 0. The molecule has 0 aromatic rings. The molecule has 1 radical (unpaired) electrons. The Morgan fingerprint density at radius 3 is 2.36 bits per heavy atom. The average molecular weight is 157 g/mol. The molecule has 0 rings (SSSR count). The fourth-order valence-electron chi connectivity index (χ4n) is 0.946. The SMILES string of the molecule is CC(C)CCCC(=O)CC[O]. The summed E-state index contributed by atoms with van der Waals surface area (Å²) in [7, 11) is 0. The molecule has 0 saturated heterocycles. The van der Waals surface area contributed by atoms with Gasteiger partial charge in [-0.25, -0.2) is 5.11 Å². The second kappa shape index (κ2) is 6.35. The van der Waals surface area contributed by atoms with Crippen molar-refractivity contribution in [1.29, 1.82) is 0 Å². The van der Waals surface area contributed by atoms with Gasteiger partial charge in [0, 0.05) is 12.8 Å². The molecule has 2 nitrogen and oxygen atoms in total. The van der Waals surface area contributed by atoms with Crippen LogP contribution in [0.25, 0.3) is 0 Å². The van der Waals surface area contributed by atoms with Crippen LogP contribution in [0.1, 0.15) is 39.5 Å².